The second kappa shape index (κ2) is 1.78. The van der Waals surface area contributed by atoms with E-state index in [1.807, 2.05) is 0 Å². The average Bonchev–Trinajstić information content (AvgIpc) is 2.60. The van der Waals surface area contributed by atoms with Gasteiger partial charge in [-0.05, 0) is 0 Å². The summed E-state index contributed by atoms with van der Waals surface area (Å²) in [5.74, 6) is 0. The Morgan fingerprint density at radius 2 is 2.25 bits per heavy atom. The zero-order valence-corrected chi connectivity index (χ0v) is 6.58. The van der Waals surface area contributed by atoms with Crippen LogP contribution in [0.5, 0.6) is 0 Å². The highest BCUT2D eigenvalue weighted by Crippen LogP contribution is 2.16. The molecule has 3 rings (SSSR count). The van der Waals surface area contributed by atoms with Gasteiger partial charge in [0.2, 0.25) is 0 Å². The van der Waals surface area contributed by atoms with Crippen molar-refractivity contribution in [1.82, 2.24) is 19.4 Å². The Hall–Kier alpha value is -1.56. The van der Waals surface area contributed by atoms with Crippen molar-refractivity contribution < 1.29 is 0 Å². The number of imidazole rings is 1. The third kappa shape index (κ3) is 0.539. The highest BCUT2D eigenvalue weighted by Gasteiger charge is 2.10. The molecular weight excluding hydrogens is 176 g/mol. The minimum Gasteiger partial charge on any atom is -0.256 e. The molecule has 0 radical (unpaired) electrons. The number of nitrogens with zero attached hydrogens (tertiary/aromatic N) is 4. The average molecular weight is 178 g/mol. The second-order valence-corrected chi connectivity index (χ2v) is 3.27. The van der Waals surface area contributed by atoms with E-state index in [9.17, 15) is 4.79 Å². The monoisotopic (exact) mass is 178 g/mol. The Bertz CT molecular complexity index is 597. The van der Waals surface area contributed by atoms with Gasteiger partial charge in [-0.2, -0.15) is 0 Å². The molecule has 0 fully saturated rings. The van der Waals surface area contributed by atoms with Crippen LogP contribution in [0.2, 0.25) is 0 Å². The molecule has 3 heterocycles. The van der Waals surface area contributed by atoms with Gasteiger partial charge in [-0.3, -0.25) is 9.20 Å². The van der Waals surface area contributed by atoms with Crippen LogP contribution in [0.3, 0.4) is 0 Å². The molecule has 0 N–H and O–H groups in total. The predicted octanol–water partition coefficient (Wildman–Crippen LogP) is 0.137. The fraction of sp³-hybridized carbons (Fsp3) is 0. The van der Waals surface area contributed by atoms with E-state index >= 15 is 0 Å². The van der Waals surface area contributed by atoms with Crippen molar-refractivity contribution in [3.63, 3.8) is 0 Å². The summed E-state index contributed by atoms with van der Waals surface area (Å²) < 4.78 is 1.47. The maximum Gasteiger partial charge on any atom is 0.315 e. The molecule has 0 aliphatic heterocycles. The van der Waals surface area contributed by atoms with Crippen LogP contribution in [-0.4, -0.2) is 19.4 Å². The fourth-order valence-electron chi connectivity index (χ4n) is 1.17. The summed E-state index contributed by atoms with van der Waals surface area (Å²) in [6.07, 6.45) is 2.89. The van der Waals surface area contributed by atoms with Gasteiger partial charge in [0.25, 0.3) is 0 Å². The lowest BCUT2D eigenvalue weighted by molar-refractivity contribution is 1.14. The SMILES string of the molecule is O=c1sc2ncnc3ncn1c32. The van der Waals surface area contributed by atoms with Crippen molar-refractivity contribution in [3.05, 3.63) is 22.3 Å². The summed E-state index contributed by atoms with van der Waals surface area (Å²) in [7, 11) is 0. The van der Waals surface area contributed by atoms with Crippen molar-refractivity contribution in [3.8, 4) is 0 Å². The first-order valence-corrected chi connectivity index (χ1v) is 4.08. The van der Waals surface area contributed by atoms with Crippen LogP contribution in [-0.2, 0) is 0 Å². The molecule has 0 aliphatic rings. The topological polar surface area (TPSA) is 60.2 Å². The summed E-state index contributed by atoms with van der Waals surface area (Å²) in [5.41, 5.74) is 1.31. The van der Waals surface area contributed by atoms with Crippen molar-refractivity contribution >= 4 is 27.3 Å². The lowest BCUT2D eigenvalue weighted by atomic mass is 10.6. The van der Waals surface area contributed by atoms with Crippen molar-refractivity contribution in [2.75, 3.05) is 0 Å². The summed E-state index contributed by atoms with van der Waals surface area (Å²) in [5, 5.41) is 0. The zero-order valence-electron chi connectivity index (χ0n) is 5.76. The molecule has 0 saturated heterocycles. The van der Waals surface area contributed by atoms with Crippen molar-refractivity contribution in [2.24, 2.45) is 0 Å². The van der Waals surface area contributed by atoms with Crippen molar-refractivity contribution in [2.45, 2.75) is 0 Å². The molecule has 0 aliphatic carbocycles. The predicted molar refractivity (Wildman–Crippen MR) is 43.6 cm³/mol. The van der Waals surface area contributed by atoms with Gasteiger partial charge in [0.05, 0.1) is 0 Å². The summed E-state index contributed by atoms with van der Waals surface area (Å²) in [6, 6.07) is 0. The first-order valence-electron chi connectivity index (χ1n) is 3.26. The largest absolute Gasteiger partial charge is 0.315 e. The van der Waals surface area contributed by atoms with E-state index in [4.69, 9.17) is 0 Å². The highest BCUT2D eigenvalue weighted by molar-refractivity contribution is 7.16. The molecule has 0 saturated carbocycles. The highest BCUT2D eigenvalue weighted by atomic mass is 32.1. The maximum absolute atomic E-state index is 11.2. The minimum absolute atomic E-state index is 0.0620. The molecular formula is C6H2N4OS. The minimum atomic E-state index is -0.0620. The molecule has 0 aromatic carbocycles. The summed E-state index contributed by atoms with van der Waals surface area (Å²) >= 11 is 1.11. The van der Waals surface area contributed by atoms with Gasteiger partial charge in [-0.1, -0.05) is 11.3 Å². The van der Waals surface area contributed by atoms with Crippen LogP contribution in [0.1, 0.15) is 0 Å². The Labute approximate surface area is 69.7 Å². The van der Waals surface area contributed by atoms with Crippen LogP contribution < -0.4 is 4.87 Å². The molecule has 3 aromatic rings. The van der Waals surface area contributed by atoms with Crippen LogP contribution in [0.4, 0.5) is 0 Å². The molecule has 3 aromatic heterocycles. The standard InChI is InChI=1S/C6H2N4OS/c11-6-10-2-9-4-3(10)5(12-6)8-1-7-4/h1-2H. The smallest absolute Gasteiger partial charge is 0.256 e. The van der Waals surface area contributed by atoms with Gasteiger partial charge < -0.3 is 0 Å². The van der Waals surface area contributed by atoms with Gasteiger partial charge >= 0.3 is 4.87 Å². The van der Waals surface area contributed by atoms with Gasteiger partial charge in [-0.15, -0.1) is 0 Å². The summed E-state index contributed by atoms with van der Waals surface area (Å²) in [4.78, 5) is 23.7. The quantitative estimate of drug-likeness (QED) is 0.491. The van der Waals surface area contributed by atoms with E-state index in [1.54, 1.807) is 0 Å². The lowest BCUT2D eigenvalue weighted by Gasteiger charge is -1.83. The zero-order chi connectivity index (χ0) is 8.13. The number of hydrogen-bond donors (Lipinski definition) is 0. The number of hydrogen-bond acceptors (Lipinski definition) is 5. The van der Waals surface area contributed by atoms with E-state index in [2.05, 4.69) is 15.0 Å². The van der Waals surface area contributed by atoms with Gasteiger partial charge in [0, 0.05) is 0 Å². The van der Waals surface area contributed by atoms with E-state index in [-0.39, 0.29) is 4.87 Å². The molecule has 0 spiro atoms. The molecule has 0 bridgehead atoms. The molecule has 5 nitrogen and oxygen atoms in total. The molecule has 6 heteroatoms. The van der Waals surface area contributed by atoms with E-state index in [0.717, 1.165) is 16.9 Å². The van der Waals surface area contributed by atoms with E-state index in [1.165, 1.54) is 17.1 Å². The Morgan fingerprint density at radius 1 is 1.33 bits per heavy atom. The van der Waals surface area contributed by atoms with Gasteiger partial charge in [0.1, 0.15) is 18.2 Å². The second-order valence-electron chi connectivity index (χ2n) is 2.33. The fourth-order valence-corrected chi connectivity index (χ4v) is 1.96. The van der Waals surface area contributed by atoms with Gasteiger partial charge in [-0.25, -0.2) is 15.0 Å². The van der Waals surface area contributed by atoms with Crippen LogP contribution >= 0.6 is 11.3 Å². The molecule has 0 unspecified atom stereocenters. The maximum atomic E-state index is 11.2. The first-order chi connectivity index (χ1) is 5.86. The van der Waals surface area contributed by atoms with Crippen molar-refractivity contribution in [1.29, 1.82) is 0 Å². The Balaban J connectivity index is 2.87. The molecule has 0 atom stereocenters. The van der Waals surface area contributed by atoms with Crippen LogP contribution in [0, 0.1) is 0 Å². The number of aromatic nitrogens is 4. The van der Waals surface area contributed by atoms with Crippen LogP contribution in [0.15, 0.2) is 17.4 Å². The molecule has 12 heavy (non-hydrogen) atoms. The Kier molecular flexibility index (Phi) is 0.891. The lowest BCUT2D eigenvalue weighted by Crippen LogP contribution is -1.99. The molecule has 58 valence electrons. The third-order valence-corrected chi connectivity index (χ3v) is 2.55. The number of thiazole rings is 1. The normalized spacial score (nSPS) is 11.7. The summed E-state index contributed by atoms with van der Waals surface area (Å²) in [6.45, 7) is 0. The number of rotatable bonds is 0. The Morgan fingerprint density at radius 3 is 3.17 bits per heavy atom. The van der Waals surface area contributed by atoms with Crippen LogP contribution in [0.25, 0.3) is 16.0 Å². The van der Waals surface area contributed by atoms with Gasteiger partial charge in [0.15, 0.2) is 10.5 Å². The van der Waals surface area contributed by atoms with E-state index < -0.39 is 0 Å². The first kappa shape index (κ1) is 6.01. The molecule has 0 amide bonds. The van der Waals surface area contributed by atoms with E-state index in [0.29, 0.717) is 10.5 Å². The third-order valence-electron chi connectivity index (χ3n) is 1.69.